The van der Waals surface area contributed by atoms with Gasteiger partial charge in [0.05, 0.1) is 12.2 Å². The van der Waals surface area contributed by atoms with E-state index in [1.54, 1.807) is 12.1 Å². The Morgan fingerprint density at radius 3 is 2.81 bits per heavy atom. The summed E-state index contributed by atoms with van der Waals surface area (Å²) in [6.07, 6.45) is 4.43. The zero-order chi connectivity index (χ0) is 18.4. The number of ether oxygens (including phenoxy) is 1. The van der Waals surface area contributed by atoms with E-state index in [9.17, 15) is 9.59 Å². The molecule has 7 heteroatoms. The van der Waals surface area contributed by atoms with Gasteiger partial charge in [0.2, 0.25) is 5.91 Å². The Labute approximate surface area is 167 Å². The molecule has 0 radical (unpaired) electrons. The zero-order valence-corrected chi connectivity index (χ0v) is 16.7. The fraction of sp³-hybridized carbons (Fsp3) is 0.600. The molecule has 1 aromatic carbocycles. The first-order chi connectivity index (χ1) is 12.7. The second kappa shape index (κ2) is 10.5. The first kappa shape index (κ1) is 21.5. The molecule has 150 valence electrons. The van der Waals surface area contributed by atoms with Crippen LogP contribution < -0.4 is 15.4 Å². The van der Waals surface area contributed by atoms with Gasteiger partial charge in [-0.1, -0.05) is 12.1 Å². The minimum atomic E-state index is -0.152. The second-order valence-electron chi connectivity index (χ2n) is 6.97. The number of amides is 2. The number of carbonyl (C=O) groups is 2. The molecule has 0 saturated carbocycles. The van der Waals surface area contributed by atoms with Gasteiger partial charge >= 0.3 is 0 Å². The molecule has 2 aliphatic rings. The van der Waals surface area contributed by atoms with Crippen molar-refractivity contribution in [1.29, 1.82) is 0 Å². The van der Waals surface area contributed by atoms with Crippen molar-refractivity contribution in [3.05, 3.63) is 29.8 Å². The van der Waals surface area contributed by atoms with Crippen LogP contribution in [0.3, 0.4) is 0 Å². The van der Waals surface area contributed by atoms with Crippen molar-refractivity contribution in [2.75, 3.05) is 26.2 Å². The number of fused-ring (bicyclic) bond motifs is 2. The first-order valence-corrected chi connectivity index (χ1v) is 9.72. The molecule has 2 bridgehead atoms. The zero-order valence-electron chi connectivity index (χ0n) is 15.9. The van der Waals surface area contributed by atoms with Gasteiger partial charge in [-0.05, 0) is 51.3 Å². The molecule has 2 N–H and O–H groups in total. The molecule has 6 nitrogen and oxygen atoms in total. The van der Waals surface area contributed by atoms with E-state index in [4.69, 9.17) is 4.74 Å². The summed E-state index contributed by atoms with van der Waals surface area (Å²) in [5.74, 6) is 0.669. The lowest BCUT2D eigenvalue weighted by Crippen LogP contribution is -2.42. The van der Waals surface area contributed by atoms with Crippen LogP contribution in [0.15, 0.2) is 24.3 Å². The molecule has 2 unspecified atom stereocenters. The number of carbonyl (C=O) groups excluding carboxylic acids is 2. The molecule has 0 spiro atoms. The summed E-state index contributed by atoms with van der Waals surface area (Å²) < 4.78 is 5.50. The maximum absolute atomic E-state index is 12.6. The lowest BCUT2D eigenvalue weighted by molar-refractivity contribution is -0.133. The molecule has 2 atom stereocenters. The van der Waals surface area contributed by atoms with Crippen molar-refractivity contribution >= 4 is 24.2 Å². The Bertz CT molecular complexity index is 627. The topological polar surface area (TPSA) is 70.7 Å². The number of nitrogens with one attached hydrogen (secondary N) is 2. The van der Waals surface area contributed by atoms with Crippen molar-refractivity contribution in [3.63, 3.8) is 0 Å². The molecule has 2 aliphatic heterocycles. The maximum Gasteiger partial charge on any atom is 0.255 e. The average Bonchev–Trinajstić information content (AvgIpc) is 2.92. The normalized spacial score (nSPS) is 21.1. The standard InChI is InChI=1S/C20H29N3O3.ClH/c1-2-26-18-7-4-3-6-17(18)20(25)22-12-5-8-19(24)23-15-9-10-16(23)14-21-13-11-15;/h3-4,6-7,15-16,21H,2,5,8-14H2,1H3,(H,22,25);1H. The van der Waals surface area contributed by atoms with Crippen molar-refractivity contribution in [3.8, 4) is 5.75 Å². The van der Waals surface area contributed by atoms with Crippen molar-refractivity contribution in [2.45, 2.75) is 51.1 Å². The summed E-state index contributed by atoms with van der Waals surface area (Å²) in [5, 5.41) is 6.32. The summed E-state index contributed by atoms with van der Waals surface area (Å²) in [6, 6.07) is 7.98. The highest BCUT2D eigenvalue weighted by Gasteiger charge is 2.37. The Kier molecular flexibility index (Phi) is 8.38. The molecule has 2 saturated heterocycles. The summed E-state index contributed by atoms with van der Waals surface area (Å²) in [5.41, 5.74) is 0.539. The Morgan fingerprint density at radius 2 is 2.00 bits per heavy atom. The van der Waals surface area contributed by atoms with E-state index in [0.717, 1.165) is 32.4 Å². The largest absolute Gasteiger partial charge is 0.493 e. The minimum absolute atomic E-state index is 0. The summed E-state index contributed by atoms with van der Waals surface area (Å²) in [7, 11) is 0. The lowest BCUT2D eigenvalue weighted by Gasteiger charge is -2.28. The highest BCUT2D eigenvalue weighted by atomic mass is 35.5. The number of hydrogen-bond donors (Lipinski definition) is 2. The van der Waals surface area contributed by atoms with Crippen molar-refractivity contribution in [1.82, 2.24) is 15.5 Å². The first-order valence-electron chi connectivity index (χ1n) is 9.72. The van der Waals surface area contributed by atoms with Gasteiger partial charge < -0.3 is 20.3 Å². The highest BCUT2D eigenvalue weighted by molar-refractivity contribution is 5.96. The van der Waals surface area contributed by atoms with E-state index >= 15 is 0 Å². The minimum Gasteiger partial charge on any atom is -0.493 e. The molecule has 2 fully saturated rings. The van der Waals surface area contributed by atoms with E-state index < -0.39 is 0 Å². The number of para-hydroxylation sites is 1. The van der Waals surface area contributed by atoms with Crippen LogP contribution in [0.25, 0.3) is 0 Å². The number of hydrogen-bond acceptors (Lipinski definition) is 4. The van der Waals surface area contributed by atoms with Gasteiger partial charge in [-0.25, -0.2) is 0 Å². The van der Waals surface area contributed by atoms with Crippen LogP contribution in [0.1, 0.15) is 49.4 Å². The van der Waals surface area contributed by atoms with Gasteiger partial charge in [-0.3, -0.25) is 9.59 Å². The van der Waals surface area contributed by atoms with E-state index in [-0.39, 0.29) is 24.2 Å². The third kappa shape index (κ3) is 5.36. The van der Waals surface area contributed by atoms with E-state index in [1.165, 1.54) is 0 Å². The van der Waals surface area contributed by atoms with Gasteiger partial charge in [-0.15, -0.1) is 12.4 Å². The molecule has 1 aromatic rings. The molecule has 27 heavy (non-hydrogen) atoms. The number of rotatable bonds is 7. The van der Waals surface area contributed by atoms with Crippen LogP contribution in [0.5, 0.6) is 5.75 Å². The van der Waals surface area contributed by atoms with Gasteiger partial charge in [0.1, 0.15) is 5.75 Å². The Morgan fingerprint density at radius 1 is 1.22 bits per heavy atom. The van der Waals surface area contributed by atoms with Crippen molar-refractivity contribution < 1.29 is 14.3 Å². The SMILES string of the molecule is CCOc1ccccc1C(=O)NCCCC(=O)N1C2CCNCC1CC2.Cl. The predicted octanol–water partition coefficient (Wildman–Crippen LogP) is 2.37. The molecule has 0 aliphatic carbocycles. The van der Waals surface area contributed by atoms with E-state index in [2.05, 4.69) is 15.5 Å². The molecule has 0 aromatic heterocycles. The van der Waals surface area contributed by atoms with Gasteiger partial charge in [0.15, 0.2) is 0 Å². The highest BCUT2D eigenvalue weighted by Crippen LogP contribution is 2.28. The lowest BCUT2D eigenvalue weighted by atomic mass is 10.1. The van der Waals surface area contributed by atoms with Crippen molar-refractivity contribution in [2.24, 2.45) is 0 Å². The van der Waals surface area contributed by atoms with E-state index in [1.807, 2.05) is 19.1 Å². The smallest absolute Gasteiger partial charge is 0.255 e. The fourth-order valence-electron chi connectivity index (χ4n) is 3.99. The van der Waals surface area contributed by atoms with Crippen LogP contribution in [0.4, 0.5) is 0 Å². The summed E-state index contributed by atoms with van der Waals surface area (Å²) in [6.45, 7) is 4.82. The van der Waals surface area contributed by atoms with Crippen LogP contribution in [-0.2, 0) is 4.79 Å². The average molecular weight is 396 g/mol. The molecule has 2 amide bonds. The van der Waals surface area contributed by atoms with Crippen LogP contribution in [-0.4, -0.2) is 55.0 Å². The van der Waals surface area contributed by atoms with Gasteiger partial charge in [0, 0.05) is 31.6 Å². The number of halogens is 1. The predicted molar refractivity (Wildman–Crippen MR) is 108 cm³/mol. The summed E-state index contributed by atoms with van der Waals surface area (Å²) in [4.78, 5) is 27.1. The third-order valence-corrected chi connectivity index (χ3v) is 5.23. The van der Waals surface area contributed by atoms with Crippen LogP contribution >= 0.6 is 12.4 Å². The maximum atomic E-state index is 12.6. The Hall–Kier alpha value is -1.79. The second-order valence-corrected chi connectivity index (χ2v) is 6.97. The summed E-state index contributed by atoms with van der Waals surface area (Å²) >= 11 is 0. The number of benzene rings is 1. The third-order valence-electron chi connectivity index (χ3n) is 5.23. The number of nitrogens with zero attached hydrogens (tertiary/aromatic N) is 1. The molecular formula is C20H30ClN3O3. The molecule has 3 rings (SSSR count). The molecule has 2 heterocycles. The molecular weight excluding hydrogens is 366 g/mol. The fourth-order valence-corrected chi connectivity index (χ4v) is 3.99. The Balaban J connectivity index is 0.00000261. The van der Waals surface area contributed by atoms with E-state index in [0.29, 0.717) is 49.4 Å². The quantitative estimate of drug-likeness (QED) is 0.695. The van der Waals surface area contributed by atoms with Gasteiger partial charge in [0.25, 0.3) is 5.91 Å². The van der Waals surface area contributed by atoms with Crippen LogP contribution in [0, 0.1) is 0 Å². The van der Waals surface area contributed by atoms with Crippen LogP contribution in [0.2, 0.25) is 0 Å². The van der Waals surface area contributed by atoms with Gasteiger partial charge in [-0.2, -0.15) is 0 Å². The monoisotopic (exact) mass is 395 g/mol.